The van der Waals surface area contributed by atoms with Gasteiger partial charge in [-0.15, -0.1) is 0 Å². The molecule has 7 heteroatoms. The Hall–Kier alpha value is -2.38. The fraction of sp³-hybridized carbons (Fsp3) is 0.350. The lowest BCUT2D eigenvalue weighted by molar-refractivity contribution is 0.0942. The zero-order chi connectivity index (χ0) is 20.0. The number of sulfone groups is 1. The molecule has 0 aliphatic carbocycles. The number of likely N-dealkylation sites (N-methyl/N-ethyl adjacent to an activating group) is 1. The van der Waals surface area contributed by atoms with Gasteiger partial charge >= 0.3 is 0 Å². The summed E-state index contributed by atoms with van der Waals surface area (Å²) >= 11 is 0. The molecule has 0 radical (unpaired) electrons. The molecule has 0 spiro atoms. The van der Waals surface area contributed by atoms with E-state index < -0.39 is 9.84 Å². The quantitative estimate of drug-likeness (QED) is 0.750. The van der Waals surface area contributed by atoms with E-state index in [2.05, 4.69) is 5.32 Å². The fourth-order valence-electron chi connectivity index (χ4n) is 2.72. The van der Waals surface area contributed by atoms with Crippen LogP contribution in [0.4, 0.5) is 0 Å². The Morgan fingerprint density at radius 1 is 1.15 bits per heavy atom. The minimum atomic E-state index is -3.27. The number of hydrogen-bond acceptors (Lipinski definition) is 5. The molecule has 2 aromatic rings. The molecular weight excluding hydrogens is 364 g/mol. The van der Waals surface area contributed by atoms with Crippen LogP contribution >= 0.6 is 0 Å². The molecule has 1 unspecified atom stereocenters. The van der Waals surface area contributed by atoms with E-state index in [1.165, 1.54) is 24.3 Å². The average Bonchev–Trinajstić information content (AvgIpc) is 2.68. The zero-order valence-corrected chi connectivity index (χ0v) is 16.9. The van der Waals surface area contributed by atoms with Crippen LogP contribution in [0.25, 0.3) is 0 Å². The van der Waals surface area contributed by atoms with Crippen molar-refractivity contribution < 1.29 is 17.9 Å². The second kappa shape index (κ2) is 9.01. The van der Waals surface area contributed by atoms with Gasteiger partial charge in [-0.1, -0.05) is 19.1 Å². The summed E-state index contributed by atoms with van der Waals surface area (Å²) in [5.74, 6) is 0.549. The Labute approximate surface area is 161 Å². The molecule has 0 aromatic heterocycles. The van der Waals surface area contributed by atoms with E-state index in [1.54, 1.807) is 14.0 Å². The molecule has 0 fully saturated rings. The maximum atomic E-state index is 12.5. The number of ether oxygens (including phenoxy) is 1. The molecule has 2 rings (SSSR count). The average molecular weight is 391 g/mol. The van der Waals surface area contributed by atoms with Crippen molar-refractivity contribution in [1.82, 2.24) is 10.2 Å². The van der Waals surface area contributed by atoms with E-state index in [4.69, 9.17) is 4.74 Å². The molecule has 1 amide bonds. The van der Waals surface area contributed by atoms with Crippen LogP contribution < -0.4 is 10.1 Å². The standard InChI is InChI=1S/C20H26N2O4S/c1-5-27(24,25)18-11-9-15(10-12-18)20(23)21-14-19(22(2)3)16-7-6-8-17(13-16)26-4/h6-13,19H,5,14H2,1-4H3,(H,21,23). The summed E-state index contributed by atoms with van der Waals surface area (Å²) in [5.41, 5.74) is 1.46. The monoisotopic (exact) mass is 390 g/mol. The molecule has 146 valence electrons. The molecule has 6 nitrogen and oxygen atoms in total. The first-order valence-electron chi connectivity index (χ1n) is 8.70. The third-order valence-corrected chi connectivity index (χ3v) is 6.16. The summed E-state index contributed by atoms with van der Waals surface area (Å²) in [4.78, 5) is 14.7. The number of carbonyl (C=O) groups is 1. The Bertz CT molecular complexity index is 877. The van der Waals surface area contributed by atoms with Crippen molar-refractivity contribution in [3.63, 3.8) is 0 Å². The van der Waals surface area contributed by atoms with Gasteiger partial charge in [-0.25, -0.2) is 8.42 Å². The number of nitrogens with zero attached hydrogens (tertiary/aromatic N) is 1. The molecule has 1 N–H and O–H groups in total. The summed E-state index contributed by atoms with van der Waals surface area (Å²) in [5, 5.41) is 2.92. The maximum Gasteiger partial charge on any atom is 0.251 e. The van der Waals surface area contributed by atoms with Crippen LogP contribution in [0.3, 0.4) is 0 Å². The van der Waals surface area contributed by atoms with Crippen molar-refractivity contribution in [2.24, 2.45) is 0 Å². The molecular formula is C20H26N2O4S. The molecule has 0 saturated heterocycles. The van der Waals surface area contributed by atoms with Gasteiger partial charge in [0, 0.05) is 12.1 Å². The lowest BCUT2D eigenvalue weighted by Crippen LogP contribution is -2.34. The summed E-state index contributed by atoms with van der Waals surface area (Å²) in [6.45, 7) is 2.00. The number of amides is 1. The van der Waals surface area contributed by atoms with Crippen molar-refractivity contribution in [2.45, 2.75) is 17.9 Å². The lowest BCUT2D eigenvalue weighted by Gasteiger charge is -2.25. The van der Waals surface area contributed by atoms with Crippen molar-refractivity contribution in [3.05, 3.63) is 59.7 Å². The minimum Gasteiger partial charge on any atom is -0.497 e. The van der Waals surface area contributed by atoms with Crippen LogP contribution in [0.15, 0.2) is 53.4 Å². The van der Waals surface area contributed by atoms with Gasteiger partial charge in [0.2, 0.25) is 0 Å². The third kappa shape index (κ3) is 5.30. The number of carbonyl (C=O) groups excluding carboxylic acids is 1. The van der Waals surface area contributed by atoms with Crippen LogP contribution in [0.1, 0.15) is 28.9 Å². The van der Waals surface area contributed by atoms with Crippen molar-refractivity contribution in [3.8, 4) is 5.75 Å². The number of nitrogens with one attached hydrogen (secondary N) is 1. The summed E-state index contributed by atoms with van der Waals surface area (Å²) in [6.07, 6.45) is 0. The maximum absolute atomic E-state index is 12.5. The molecule has 0 aliphatic heterocycles. The highest BCUT2D eigenvalue weighted by molar-refractivity contribution is 7.91. The lowest BCUT2D eigenvalue weighted by atomic mass is 10.1. The van der Waals surface area contributed by atoms with E-state index in [1.807, 2.05) is 43.3 Å². The van der Waals surface area contributed by atoms with Gasteiger partial charge in [-0.3, -0.25) is 4.79 Å². The zero-order valence-electron chi connectivity index (χ0n) is 16.1. The van der Waals surface area contributed by atoms with Gasteiger partial charge in [0.05, 0.1) is 23.8 Å². The molecule has 2 aromatic carbocycles. The topological polar surface area (TPSA) is 75.7 Å². The van der Waals surface area contributed by atoms with Crippen LogP contribution in [0.2, 0.25) is 0 Å². The SMILES string of the molecule is CCS(=O)(=O)c1ccc(C(=O)NCC(c2cccc(OC)c2)N(C)C)cc1. The smallest absolute Gasteiger partial charge is 0.251 e. The highest BCUT2D eigenvalue weighted by Gasteiger charge is 2.17. The first-order valence-corrected chi connectivity index (χ1v) is 10.3. The third-order valence-electron chi connectivity index (χ3n) is 4.41. The van der Waals surface area contributed by atoms with E-state index in [0.717, 1.165) is 11.3 Å². The Kier molecular flexibility index (Phi) is 6.98. The second-order valence-electron chi connectivity index (χ2n) is 6.39. The predicted molar refractivity (Wildman–Crippen MR) is 106 cm³/mol. The summed E-state index contributed by atoms with van der Waals surface area (Å²) in [6, 6.07) is 13.7. The number of benzene rings is 2. The molecule has 0 saturated carbocycles. The highest BCUT2D eigenvalue weighted by Crippen LogP contribution is 2.22. The molecule has 0 bridgehead atoms. The van der Waals surface area contributed by atoms with Crippen molar-refractivity contribution in [1.29, 1.82) is 0 Å². The van der Waals surface area contributed by atoms with Crippen LogP contribution in [-0.4, -0.2) is 52.7 Å². The Morgan fingerprint density at radius 3 is 2.37 bits per heavy atom. The van der Waals surface area contributed by atoms with E-state index in [-0.39, 0.29) is 22.6 Å². The largest absolute Gasteiger partial charge is 0.497 e. The number of methoxy groups -OCH3 is 1. The number of hydrogen-bond donors (Lipinski definition) is 1. The highest BCUT2D eigenvalue weighted by atomic mass is 32.2. The predicted octanol–water partition coefficient (Wildman–Crippen LogP) is 2.52. The van der Waals surface area contributed by atoms with Crippen LogP contribution in [-0.2, 0) is 9.84 Å². The van der Waals surface area contributed by atoms with Gasteiger partial charge in [0.1, 0.15) is 5.75 Å². The minimum absolute atomic E-state index is 0.0243. The molecule has 1 atom stereocenters. The normalized spacial score (nSPS) is 12.6. The Balaban J connectivity index is 2.10. The van der Waals surface area contributed by atoms with Gasteiger partial charge < -0.3 is 15.0 Å². The molecule has 0 aliphatic rings. The van der Waals surface area contributed by atoms with E-state index >= 15 is 0 Å². The van der Waals surface area contributed by atoms with Gasteiger partial charge in [0.15, 0.2) is 9.84 Å². The van der Waals surface area contributed by atoms with Gasteiger partial charge in [-0.05, 0) is 56.1 Å². The van der Waals surface area contributed by atoms with Crippen molar-refractivity contribution in [2.75, 3.05) is 33.5 Å². The van der Waals surface area contributed by atoms with Crippen LogP contribution in [0.5, 0.6) is 5.75 Å². The first kappa shape index (κ1) is 20.9. The summed E-state index contributed by atoms with van der Waals surface area (Å²) < 4.78 is 29.0. The van der Waals surface area contributed by atoms with E-state index in [9.17, 15) is 13.2 Å². The number of rotatable bonds is 8. The Morgan fingerprint density at radius 2 is 1.81 bits per heavy atom. The first-order chi connectivity index (χ1) is 12.8. The van der Waals surface area contributed by atoms with Crippen molar-refractivity contribution >= 4 is 15.7 Å². The second-order valence-corrected chi connectivity index (χ2v) is 8.67. The van der Waals surface area contributed by atoms with Gasteiger partial charge in [-0.2, -0.15) is 0 Å². The van der Waals surface area contributed by atoms with E-state index in [0.29, 0.717) is 12.1 Å². The van der Waals surface area contributed by atoms with Gasteiger partial charge in [0.25, 0.3) is 5.91 Å². The summed E-state index contributed by atoms with van der Waals surface area (Å²) in [7, 11) is 2.24. The fourth-order valence-corrected chi connectivity index (χ4v) is 3.60. The van der Waals surface area contributed by atoms with Crippen LogP contribution in [0, 0.1) is 0 Å². The molecule has 0 heterocycles. The molecule has 27 heavy (non-hydrogen) atoms.